The van der Waals surface area contributed by atoms with Crippen LogP contribution in [0.4, 0.5) is 5.69 Å². The maximum absolute atomic E-state index is 12.2. The van der Waals surface area contributed by atoms with Gasteiger partial charge in [0.2, 0.25) is 5.91 Å². The number of rotatable bonds is 7. The Balaban J connectivity index is 1.45. The predicted molar refractivity (Wildman–Crippen MR) is 108 cm³/mol. The summed E-state index contributed by atoms with van der Waals surface area (Å²) in [7, 11) is 0. The first-order chi connectivity index (χ1) is 13.9. The van der Waals surface area contributed by atoms with E-state index in [1.54, 1.807) is 6.92 Å². The number of likely N-dealkylation sites (tertiary alicyclic amines) is 1. The zero-order valence-electron chi connectivity index (χ0n) is 16.3. The zero-order valence-corrected chi connectivity index (χ0v) is 16.3. The average molecular weight is 396 g/mol. The van der Waals surface area contributed by atoms with Gasteiger partial charge in [-0.15, -0.1) is 0 Å². The Morgan fingerprint density at radius 3 is 2.69 bits per heavy atom. The van der Waals surface area contributed by atoms with Gasteiger partial charge in [0.1, 0.15) is 0 Å². The maximum atomic E-state index is 12.2. The van der Waals surface area contributed by atoms with Crippen LogP contribution in [0.2, 0.25) is 0 Å². The number of aryl methyl sites for hydroxylation is 1. The fourth-order valence-electron chi connectivity index (χ4n) is 3.42. The van der Waals surface area contributed by atoms with E-state index in [4.69, 9.17) is 0 Å². The molecule has 2 aromatic carbocycles. The van der Waals surface area contributed by atoms with Crippen molar-refractivity contribution in [1.29, 1.82) is 0 Å². The lowest BCUT2D eigenvalue weighted by Gasteiger charge is -2.17. The molecule has 2 amide bonds. The fraction of sp³-hybridized carbons (Fsp3) is 0.333. The van der Waals surface area contributed by atoms with Gasteiger partial charge < -0.3 is 10.6 Å². The molecule has 0 spiro atoms. The summed E-state index contributed by atoms with van der Waals surface area (Å²) in [5.74, 6) is -0.785. The van der Waals surface area contributed by atoms with Crippen molar-refractivity contribution >= 4 is 17.5 Å². The van der Waals surface area contributed by atoms with Crippen LogP contribution in [0.25, 0.3) is 0 Å². The quantitative estimate of drug-likeness (QED) is 0.550. The second-order valence-corrected chi connectivity index (χ2v) is 7.21. The highest BCUT2D eigenvalue weighted by Gasteiger charge is 2.24. The van der Waals surface area contributed by atoms with Crippen LogP contribution in [0.1, 0.15) is 27.9 Å². The summed E-state index contributed by atoms with van der Waals surface area (Å²) in [5.41, 5.74) is 1.75. The number of nitrogens with one attached hydrogen (secondary N) is 2. The van der Waals surface area contributed by atoms with Gasteiger partial charge in [-0.2, -0.15) is 0 Å². The zero-order chi connectivity index (χ0) is 20.8. The first kappa shape index (κ1) is 20.5. The normalized spacial score (nSPS) is 16.4. The van der Waals surface area contributed by atoms with Crippen LogP contribution in [0, 0.1) is 17.0 Å². The smallest absolute Gasteiger partial charge is 0.273 e. The van der Waals surface area contributed by atoms with E-state index >= 15 is 0 Å². The standard InChI is InChI=1S/C21H24N4O4/c1-15-7-8-17(11-19(15)25(28)29)21(27)22-12-20(26)23-18-9-10-24(14-18)13-16-5-3-2-4-6-16/h2-8,11,18H,9-10,12-14H2,1H3,(H,22,27)(H,23,26). The minimum atomic E-state index is -0.528. The lowest BCUT2D eigenvalue weighted by atomic mass is 10.1. The summed E-state index contributed by atoms with van der Waals surface area (Å²) in [5, 5.41) is 16.5. The van der Waals surface area contributed by atoms with E-state index in [9.17, 15) is 19.7 Å². The van der Waals surface area contributed by atoms with Crippen molar-refractivity contribution in [3.63, 3.8) is 0 Å². The lowest BCUT2D eigenvalue weighted by Crippen LogP contribution is -2.43. The molecular weight excluding hydrogens is 372 g/mol. The van der Waals surface area contributed by atoms with Crippen LogP contribution in [-0.2, 0) is 11.3 Å². The van der Waals surface area contributed by atoms with Gasteiger partial charge in [0.25, 0.3) is 11.6 Å². The lowest BCUT2D eigenvalue weighted by molar-refractivity contribution is -0.385. The van der Waals surface area contributed by atoms with Crippen molar-refractivity contribution in [2.24, 2.45) is 0 Å². The van der Waals surface area contributed by atoms with Gasteiger partial charge in [0.15, 0.2) is 0 Å². The Bertz CT molecular complexity index is 901. The molecule has 2 aromatic rings. The number of benzene rings is 2. The second-order valence-electron chi connectivity index (χ2n) is 7.21. The van der Waals surface area contributed by atoms with Crippen molar-refractivity contribution in [1.82, 2.24) is 15.5 Å². The number of nitrogens with zero attached hydrogens (tertiary/aromatic N) is 2. The van der Waals surface area contributed by atoms with Crippen molar-refractivity contribution in [2.75, 3.05) is 19.6 Å². The fourth-order valence-corrected chi connectivity index (χ4v) is 3.42. The first-order valence-electron chi connectivity index (χ1n) is 9.51. The molecule has 0 bridgehead atoms. The summed E-state index contributed by atoms with van der Waals surface area (Å²) in [4.78, 5) is 37.1. The minimum Gasteiger partial charge on any atom is -0.350 e. The highest BCUT2D eigenvalue weighted by atomic mass is 16.6. The third kappa shape index (κ3) is 5.61. The molecule has 8 nitrogen and oxygen atoms in total. The summed E-state index contributed by atoms with van der Waals surface area (Å²) in [6, 6.07) is 14.5. The van der Waals surface area contributed by atoms with E-state index in [0.29, 0.717) is 5.56 Å². The minimum absolute atomic E-state index is 0.0450. The van der Waals surface area contributed by atoms with Crippen molar-refractivity contribution in [2.45, 2.75) is 25.9 Å². The number of amides is 2. The predicted octanol–water partition coefficient (Wildman–Crippen LogP) is 2.02. The third-order valence-corrected chi connectivity index (χ3v) is 4.96. The monoisotopic (exact) mass is 396 g/mol. The molecule has 8 heteroatoms. The maximum Gasteiger partial charge on any atom is 0.273 e. The Morgan fingerprint density at radius 2 is 1.97 bits per heavy atom. The molecule has 1 unspecified atom stereocenters. The van der Waals surface area contributed by atoms with E-state index in [2.05, 4.69) is 27.7 Å². The highest BCUT2D eigenvalue weighted by molar-refractivity contribution is 5.97. The molecule has 3 rings (SSSR count). The molecular formula is C21H24N4O4. The number of nitro groups is 1. The second kappa shape index (κ2) is 9.29. The van der Waals surface area contributed by atoms with Crippen molar-refractivity contribution in [3.8, 4) is 0 Å². The van der Waals surface area contributed by atoms with Crippen LogP contribution >= 0.6 is 0 Å². The van der Waals surface area contributed by atoms with E-state index in [1.807, 2.05) is 18.2 Å². The number of hydrogen-bond donors (Lipinski definition) is 2. The van der Waals surface area contributed by atoms with E-state index in [0.717, 1.165) is 26.1 Å². The number of hydrogen-bond acceptors (Lipinski definition) is 5. The van der Waals surface area contributed by atoms with Crippen LogP contribution in [0.5, 0.6) is 0 Å². The largest absolute Gasteiger partial charge is 0.350 e. The Hall–Kier alpha value is -3.26. The van der Waals surface area contributed by atoms with Gasteiger partial charge in [0.05, 0.1) is 11.5 Å². The average Bonchev–Trinajstić information content (AvgIpc) is 3.13. The molecule has 1 aliphatic rings. The van der Waals surface area contributed by atoms with E-state index < -0.39 is 10.8 Å². The molecule has 0 aromatic heterocycles. The molecule has 152 valence electrons. The molecule has 0 saturated carbocycles. The molecule has 0 radical (unpaired) electrons. The highest BCUT2D eigenvalue weighted by Crippen LogP contribution is 2.19. The van der Waals surface area contributed by atoms with Gasteiger partial charge >= 0.3 is 0 Å². The van der Waals surface area contributed by atoms with Crippen LogP contribution in [-0.4, -0.2) is 47.3 Å². The molecule has 2 N–H and O–H groups in total. The SMILES string of the molecule is Cc1ccc(C(=O)NCC(=O)NC2CCN(Cc3ccccc3)C2)cc1[N+](=O)[O-]. The van der Waals surface area contributed by atoms with Gasteiger partial charge in [-0.25, -0.2) is 0 Å². The van der Waals surface area contributed by atoms with Gasteiger partial charge in [-0.1, -0.05) is 36.4 Å². The van der Waals surface area contributed by atoms with Crippen molar-refractivity contribution in [3.05, 3.63) is 75.3 Å². The molecule has 29 heavy (non-hydrogen) atoms. The van der Waals surface area contributed by atoms with E-state index in [-0.39, 0.29) is 29.7 Å². The number of nitro benzene ring substituents is 1. The van der Waals surface area contributed by atoms with Gasteiger partial charge in [-0.3, -0.25) is 24.6 Å². The summed E-state index contributed by atoms with van der Waals surface area (Å²) in [6.45, 7) is 3.94. The molecule has 1 saturated heterocycles. The molecule has 1 aliphatic heterocycles. The Labute approximate surface area is 169 Å². The molecule has 0 aliphatic carbocycles. The summed E-state index contributed by atoms with van der Waals surface area (Å²) >= 11 is 0. The number of carbonyl (C=O) groups is 2. The summed E-state index contributed by atoms with van der Waals surface area (Å²) < 4.78 is 0. The molecule has 1 fully saturated rings. The molecule has 1 atom stereocenters. The Morgan fingerprint density at radius 1 is 1.21 bits per heavy atom. The number of carbonyl (C=O) groups excluding carboxylic acids is 2. The van der Waals surface area contributed by atoms with Crippen LogP contribution in [0.15, 0.2) is 48.5 Å². The Kier molecular flexibility index (Phi) is 6.56. The third-order valence-electron chi connectivity index (χ3n) is 4.96. The first-order valence-corrected chi connectivity index (χ1v) is 9.51. The van der Waals surface area contributed by atoms with Crippen molar-refractivity contribution < 1.29 is 14.5 Å². The van der Waals surface area contributed by atoms with Gasteiger partial charge in [0, 0.05) is 42.9 Å². The van der Waals surface area contributed by atoms with Crippen LogP contribution in [0.3, 0.4) is 0 Å². The van der Waals surface area contributed by atoms with Gasteiger partial charge in [-0.05, 0) is 25.0 Å². The summed E-state index contributed by atoms with van der Waals surface area (Å²) in [6.07, 6.45) is 0.858. The topological polar surface area (TPSA) is 105 Å². The molecule has 1 heterocycles. The van der Waals surface area contributed by atoms with E-state index in [1.165, 1.54) is 23.8 Å². The van der Waals surface area contributed by atoms with Crippen LogP contribution < -0.4 is 10.6 Å².